The molecule has 1 aromatic carbocycles. The molecule has 1 saturated carbocycles. The van der Waals surface area contributed by atoms with E-state index in [-0.39, 0.29) is 30.8 Å². The molecule has 1 N–H and O–H groups in total. The Bertz CT molecular complexity index is 843. The fraction of sp³-hybridized carbons (Fsp3) is 0.476. The highest BCUT2D eigenvalue weighted by Gasteiger charge is 2.39. The highest BCUT2D eigenvalue weighted by atomic mass is 32.1. The molecule has 1 atom stereocenters. The molecule has 0 spiro atoms. The first-order chi connectivity index (χ1) is 13.6. The maximum Gasteiger partial charge on any atom is 0.311 e. The van der Waals surface area contributed by atoms with E-state index in [1.165, 1.54) is 29.7 Å². The SMILES string of the molecule is Cc1ccc(Nc2nc(COC(=O)[C@@H]3CC(=O)N(C4CCCC4)C3)cs2)cc1. The Balaban J connectivity index is 1.27. The number of carbonyl (C=O) groups is 2. The maximum absolute atomic E-state index is 12.4. The standard InChI is InChI=1S/C21H25N3O3S/c1-14-6-8-16(9-7-14)22-21-23-17(13-28-21)12-27-20(26)15-10-19(25)24(11-15)18-4-2-3-5-18/h6-9,13,15,18H,2-5,10-12H2,1H3,(H,22,23)/t15-/m1/s1. The lowest BCUT2D eigenvalue weighted by Gasteiger charge is -2.23. The fourth-order valence-corrected chi connectivity index (χ4v) is 4.63. The quantitative estimate of drug-likeness (QED) is 0.743. The van der Waals surface area contributed by atoms with Crippen LogP contribution in [0.2, 0.25) is 0 Å². The minimum atomic E-state index is -0.350. The van der Waals surface area contributed by atoms with Crippen molar-refractivity contribution in [3.05, 3.63) is 40.9 Å². The minimum absolute atomic E-state index is 0.0899. The fourth-order valence-electron chi connectivity index (χ4n) is 3.91. The molecule has 2 fully saturated rings. The number of hydrogen-bond donors (Lipinski definition) is 1. The molecule has 1 aliphatic carbocycles. The number of aromatic nitrogens is 1. The van der Waals surface area contributed by atoms with Crippen LogP contribution in [-0.2, 0) is 20.9 Å². The maximum atomic E-state index is 12.4. The summed E-state index contributed by atoms with van der Waals surface area (Å²) in [6, 6.07) is 8.40. The number of hydrogen-bond acceptors (Lipinski definition) is 6. The molecule has 4 rings (SSSR count). The van der Waals surface area contributed by atoms with Gasteiger partial charge in [-0.25, -0.2) is 4.98 Å². The smallest absolute Gasteiger partial charge is 0.311 e. The molecule has 0 radical (unpaired) electrons. The average Bonchev–Trinajstić information content (AvgIpc) is 3.42. The van der Waals surface area contributed by atoms with Gasteiger partial charge in [-0.3, -0.25) is 9.59 Å². The molecule has 6 nitrogen and oxygen atoms in total. The molecule has 1 aliphatic heterocycles. The lowest BCUT2D eigenvalue weighted by atomic mass is 10.1. The predicted molar refractivity (Wildman–Crippen MR) is 108 cm³/mol. The summed E-state index contributed by atoms with van der Waals surface area (Å²) >= 11 is 1.47. The van der Waals surface area contributed by atoms with E-state index in [0.717, 1.165) is 23.7 Å². The molecule has 2 heterocycles. The zero-order valence-corrected chi connectivity index (χ0v) is 16.8. The van der Waals surface area contributed by atoms with Crippen LogP contribution in [0.25, 0.3) is 0 Å². The first-order valence-electron chi connectivity index (χ1n) is 9.82. The second-order valence-electron chi connectivity index (χ2n) is 7.63. The minimum Gasteiger partial charge on any atom is -0.459 e. The van der Waals surface area contributed by atoms with Crippen LogP contribution in [0.1, 0.15) is 43.4 Å². The number of anilines is 2. The molecular weight excluding hydrogens is 374 g/mol. The predicted octanol–water partition coefficient (Wildman–Crippen LogP) is 4.03. The van der Waals surface area contributed by atoms with E-state index in [9.17, 15) is 9.59 Å². The zero-order chi connectivity index (χ0) is 19.5. The summed E-state index contributed by atoms with van der Waals surface area (Å²) < 4.78 is 5.45. The van der Waals surface area contributed by atoms with Crippen molar-refractivity contribution in [1.82, 2.24) is 9.88 Å². The van der Waals surface area contributed by atoms with Crippen LogP contribution in [-0.4, -0.2) is 34.3 Å². The molecule has 1 amide bonds. The summed E-state index contributed by atoms with van der Waals surface area (Å²) in [7, 11) is 0. The third kappa shape index (κ3) is 4.35. The molecule has 0 bridgehead atoms. The van der Waals surface area contributed by atoms with E-state index in [0.29, 0.717) is 18.3 Å². The lowest BCUT2D eigenvalue weighted by Crippen LogP contribution is -2.35. The Morgan fingerprint density at radius 3 is 2.79 bits per heavy atom. The van der Waals surface area contributed by atoms with Crippen LogP contribution in [0, 0.1) is 12.8 Å². The average molecular weight is 400 g/mol. The zero-order valence-electron chi connectivity index (χ0n) is 16.0. The largest absolute Gasteiger partial charge is 0.459 e. The van der Waals surface area contributed by atoms with Gasteiger partial charge in [-0.15, -0.1) is 11.3 Å². The number of amides is 1. The molecule has 2 aromatic rings. The third-order valence-electron chi connectivity index (χ3n) is 5.47. The summed E-state index contributed by atoms with van der Waals surface area (Å²) in [5, 5.41) is 5.90. The van der Waals surface area contributed by atoms with Crippen molar-refractivity contribution in [2.24, 2.45) is 5.92 Å². The Kier molecular flexibility index (Phi) is 5.62. The molecule has 7 heteroatoms. The van der Waals surface area contributed by atoms with Gasteiger partial charge in [0.15, 0.2) is 5.13 Å². The first kappa shape index (κ1) is 18.9. The Hall–Kier alpha value is -2.41. The summed E-state index contributed by atoms with van der Waals surface area (Å²) in [5.41, 5.74) is 2.89. The molecule has 1 saturated heterocycles. The molecule has 28 heavy (non-hydrogen) atoms. The van der Waals surface area contributed by atoms with Crippen LogP contribution in [0.5, 0.6) is 0 Å². The molecule has 2 aliphatic rings. The second kappa shape index (κ2) is 8.31. The Labute approximate surface area is 168 Å². The van der Waals surface area contributed by atoms with E-state index in [4.69, 9.17) is 4.74 Å². The number of rotatable bonds is 6. The van der Waals surface area contributed by atoms with Crippen LogP contribution in [0.4, 0.5) is 10.8 Å². The van der Waals surface area contributed by atoms with Crippen LogP contribution in [0.3, 0.4) is 0 Å². The molecule has 0 unspecified atom stereocenters. The van der Waals surface area contributed by atoms with E-state index in [1.807, 2.05) is 41.5 Å². The highest BCUT2D eigenvalue weighted by Crippen LogP contribution is 2.30. The number of esters is 1. The van der Waals surface area contributed by atoms with E-state index < -0.39 is 0 Å². The molecular formula is C21H25N3O3S. The number of thiazole rings is 1. The number of aryl methyl sites for hydroxylation is 1. The number of ether oxygens (including phenoxy) is 1. The van der Waals surface area contributed by atoms with Crippen molar-refractivity contribution in [3.8, 4) is 0 Å². The third-order valence-corrected chi connectivity index (χ3v) is 6.28. The van der Waals surface area contributed by atoms with E-state index in [1.54, 1.807) is 0 Å². The van der Waals surface area contributed by atoms with Gasteiger partial charge >= 0.3 is 5.97 Å². The topological polar surface area (TPSA) is 71.5 Å². The van der Waals surface area contributed by atoms with E-state index >= 15 is 0 Å². The van der Waals surface area contributed by atoms with Crippen molar-refractivity contribution >= 4 is 34.0 Å². The number of benzene rings is 1. The Morgan fingerprint density at radius 2 is 2.04 bits per heavy atom. The van der Waals surface area contributed by atoms with Gasteiger partial charge in [-0.1, -0.05) is 30.5 Å². The van der Waals surface area contributed by atoms with Crippen molar-refractivity contribution in [2.45, 2.75) is 51.7 Å². The summed E-state index contributed by atoms with van der Waals surface area (Å²) in [5.74, 6) is -0.557. The van der Waals surface area contributed by atoms with Crippen molar-refractivity contribution in [1.29, 1.82) is 0 Å². The number of nitrogens with one attached hydrogen (secondary N) is 1. The van der Waals surface area contributed by atoms with Crippen molar-refractivity contribution in [2.75, 3.05) is 11.9 Å². The van der Waals surface area contributed by atoms with Gasteiger partial charge in [-0.05, 0) is 31.9 Å². The number of carbonyl (C=O) groups excluding carboxylic acids is 2. The number of nitrogens with zero attached hydrogens (tertiary/aromatic N) is 2. The van der Waals surface area contributed by atoms with Crippen LogP contribution >= 0.6 is 11.3 Å². The molecule has 1 aromatic heterocycles. The van der Waals surface area contributed by atoms with Gasteiger partial charge in [0.2, 0.25) is 5.91 Å². The normalized spacial score (nSPS) is 20.0. The van der Waals surface area contributed by atoms with Crippen molar-refractivity contribution < 1.29 is 14.3 Å². The van der Waals surface area contributed by atoms with Gasteiger partial charge in [-0.2, -0.15) is 0 Å². The highest BCUT2D eigenvalue weighted by molar-refractivity contribution is 7.13. The van der Waals surface area contributed by atoms with Crippen LogP contribution in [0.15, 0.2) is 29.6 Å². The van der Waals surface area contributed by atoms with Crippen molar-refractivity contribution in [3.63, 3.8) is 0 Å². The van der Waals surface area contributed by atoms with Crippen LogP contribution < -0.4 is 5.32 Å². The monoisotopic (exact) mass is 399 g/mol. The lowest BCUT2D eigenvalue weighted by molar-refractivity contribution is -0.149. The summed E-state index contributed by atoms with van der Waals surface area (Å²) in [6.45, 7) is 2.68. The van der Waals surface area contributed by atoms with Gasteiger partial charge < -0.3 is 15.0 Å². The van der Waals surface area contributed by atoms with Gasteiger partial charge in [0, 0.05) is 30.1 Å². The second-order valence-corrected chi connectivity index (χ2v) is 8.49. The first-order valence-corrected chi connectivity index (χ1v) is 10.7. The van der Waals surface area contributed by atoms with Gasteiger partial charge in [0.1, 0.15) is 6.61 Å². The summed E-state index contributed by atoms with van der Waals surface area (Å²) in [6.07, 6.45) is 4.73. The summed E-state index contributed by atoms with van der Waals surface area (Å²) in [4.78, 5) is 31.0. The molecule has 148 valence electrons. The van der Waals surface area contributed by atoms with Gasteiger partial charge in [0.25, 0.3) is 0 Å². The van der Waals surface area contributed by atoms with Gasteiger partial charge in [0.05, 0.1) is 11.6 Å². The van der Waals surface area contributed by atoms with E-state index in [2.05, 4.69) is 10.3 Å². The Morgan fingerprint density at radius 1 is 1.29 bits per heavy atom. The number of likely N-dealkylation sites (tertiary alicyclic amines) is 1.